The average molecular weight is 411 g/mol. The van der Waals surface area contributed by atoms with Crippen LogP contribution in [0.4, 0.5) is 0 Å². The average Bonchev–Trinajstić information content (AvgIpc) is 3.25. The van der Waals surface area contributed by atoms with Crippen molar-refractivity contribution in [2.24, 2.45) is 17.8 Å². The summed E-state index contributed by atoms with van der Waals surface area (Å²) in [7, 11) is -3.80. The van der Waals surface area contributed by atoms with Crippen molar-refractivity contribution in [2.45, 2.75) is 43.5 Å². The quantitative estimate of drug-likeness (QED) is 0.667. The SMILES string of the molecule is C=CCN(CC(=O)NC(C)C1CC2CCC1C2)S(=O)(=O)c1ccc(Cl)cc1. The second kappa shape index (κ2) is 8.33. The number of carbonyl (C=O) groups excluding carboxylic acids is 1. The summed E-state index contributed by atoms with van der Waals surface area (Å²) >= 11 is 5.84. The molecule has 0 aromatic heterocycles. The maximum atomic E-state index is 12.9. The van der Waals surface area contributed by atoms with Gasteiger partial charge in [0.15, 0.2) is 0 Å². The van der Waals surface area contributed by atoms with Gasteiger partial charge in [-0.25, -0.2) is 8.42 Å². The van der Waals surface area contributed by atoms with Crippen molar-refractivity contribution in [3.8, 4) is 0 Å². The molecule has 0 heterocycles. The lowest BCUT2D eigenvalue weighted by atomic mass is 9.84. The number of nitrogens with one attached hydrogen (secondary N) is 1. The number of amides is 1. The van der Waals surface area contributed by atoms with E-state index in [1.165, 1.54) is 56.0 Å². The molecule has 148 valence electrons. The van der Waals surface area contributed by atoms with Crippen molar-refractivity contribution >= 4 is 27.5 Å². The van der Waals surface area contributed by atoms with Crippen LogP contribution in [-0.4, -0.2) is 37.8 Å². The van der Waals surface area contributed by atoms with Gasteiger partial charge in [0.2, 0.25) is 15.9 Å². The van der Waals surface area contributed by atoms with E-state index in [0.717, 1.165) is 10.2 Å². The summed E-state index contributed by atoms with van der Waals surface area (Å²) in [6.07, 6.45) is 6.50. The molecule has 0 saturated heterocycles. The largest absolute Gasteiger partial charge is 0.352 e. The lowest BCUT2D eigenvalue weighted by Gasteiger charge is -2.29. The highest BCUT2D eigenvalue weighted by molar-refractivity contribution is 7.89. The smallest absolute Gasteiger partial charge is 0.243 e. The molecule has 3 rings (SSSR count). The van der Waals surface area contributed by atoms with E-state index in [9.17, 15) is 13.2 Å². The minimum absolute atomic E-state index is 0.0663. The highest BCUT2D eigenvalue weighted by Gasteiger charge is 2.42. The van der Waals surface area contributed by atoms with Crippen LogP contribution in [0.2, 0.25) is 5.02 Å². The summed E-state index contributed by atoms with van der Waals surface area (Å²) in [5.41, 5.74) is 0. The van der Waals surface area contributed by atoms with Crippen molar-refractivity contribution in [3.63, 3.8) is 0 Å². The maximum Gasteiger partial charge on any atom is 0.243 e. The van der Waals surface area contributed by atoms with Gasteiger partial charge in [-0.2, -0.15) is 4.31 Å². The fraction of sp³-hybridized carbons (Fsp3) is 0.550. The van der Waals surface area contributed by atoms with E-state index in [-0.39, 0.29) is 29.9 Å². The molecule has 4 atom stereocenters. The number of hydrogen-bond donors (Lipinski definition) is 1. The molecule has 5 nitrogen and oxygen atoms in total. The second-order valence-corrected chi connectivity index (χ2v) is 10.1. The van der Waals surface area contributed by atoms with Crippen LogP contribution in [0.1, 0.15) is 32.6 Å². The van der Waals surface area contributed by atoms with E-state index >= 15 is 0 Å². The molecule has 2 fully saturated rings. The van der Waals surface area contributed by atoms with Crippen LogP contribution in [0.15, 0.2) is 41.8 Å². The monoisotopic (exact) mass is 410 g/mol. The third-order valence-corrected chi connectivity index (χ3v) is 8.01. The highest BCUT2D eigenvalue weighted by atomic mass is 35.5. The molecule has 0 radical (unpaired) electrons. The molecule has 1 aromatic rings. The Labute approximate surface area is 166 Å². The van der Waals surface area contributed by atoms with Gasteiger partial charge in [-0.05, 0) is 68.2 Å². The first kappa shape index (κ1) is 20.4. The molecule has 2 bridgehead atoms. The fourth-order valence-corrected chi connectivity index (χ4v) is 6.11. The molecule has 1 N–H and O–H groups in total. The summed E-state index contributed by atoms with van der Waals surface area (Å²) < 4.78 is 26.9. The molecule has 1 aromatic carbocycles. The molecular weight excluding hydrogens is 384 g/mol. The highest BCUT2D eigenvalue weighted by Crippen LogP contribution is 2.49. The second-order valence-electron chi connectivity index (χ2n) is 7.74. The summed E-state index contributed by atoms with van der Waals surface area (Å²) in [5, 5.41) is 3.49. The van der Waals surface area contributed by atoms with Gasteiger partial charge in [0.1, 0.15) is 0 Å². The van der Waals surface area contributed by atoms with Crippen LogP contribution in [0, 0.1) is 17.8 Å². The molecule has 2 saturated carbocycles. The van der Waals surface area contributed by atoms with Gasteiger partial charge in [-0.3, -0.25) is 4.79 Å². The molecule has 1 amide bonds. The first-order valence-corrected chi connectivity index (χ1v) is 11.3. The molecule has 27 heavy (non-hydrogen) atoms. The number of halogens is 1. The van der Waals surface area contributed by atoms with Crippen molar-refractivity contribution in [3.05, 3.63) is 41.9 Å². The Hall–Kier alpha value is -1.37. The third kappa shape index (κ3) is 4.55. The van der Waals surface area contributed by atoms with Crippen molar-refractivity contribution < 1.29 is 13.2 Å². The van der Waals surface area contributed by atoms with Gasteiger partial charge < -0.3 is 5.32 Å². The Kier molecular flexibility index (Phi) is 6.28. The normalized spacial score (nSPS) is 25.5. The number of nitrogens with zero attached hydrogens (tertiary/aromatic N) is 1. The van der Waals surface area contributed by atoms with Crippen LogP contribution in [0.25, 0.3) is 0 Å². The summed E-state index contributed by atoms with van der Waals surface area (Å²) in [4.78, 5) is 12.7. The van der Waals surface area contributed by atoms with Crippen LogP contribution in [0.5, 0.6) is 0 Å². The Morgan fingerprint density at radius 3 is 2.59 bits per heavy atom. The predicted molar refractivity (Wildman–Crippen MR) is 107 cm³/mol. The summed E-state index contributed by atoms with van der Waals surface area (Å²) in [5.74, 6) is 1.74. The zero-order valence-corrected chi connectivity index (χ0v) is 17.2. The predicted octanol–water partition coefficient (Wildman–Crippen LogP) is 3.46. The van der Waals surface area contributed by atoms with Crippen molar-refractivity contribution in [2.75, 3.05) is 13.1 Å². The topological polar surface area (TPSA) is 66.5 Å². The van der Waals surface area contributed by atoms with Gasteiger partial charge in [-0.15, -0.1) is 6.58 Å². The third-order valence-electron chi connectivity index (χ3n) is 5.93. The first-order valence-electron chi connectivity index (χ1n) is 9.47. The Morgan fingerprint density at radius 1 is 1.33 bits per heavy atom. The first-order chi connectivity index (χ1) is 12.8. The van der Waals surface area contributed by atoms with E-state index in [0.29, 0.717) is 16.9 Å². The number of sulfonamides is 1. The van der Waals surface area contributed by atoms with E-state index < -0.39 is 10.0 Å². The van der Waals surface area contributed by atoms with Crippen LogP contribution < -0.4 is 5.32 Å². The summed E-state index contributed by atoms with van der Waals surface area (Å²) in [6, 6.07) is 6.01. The zero-order valence-electron chi connectivity index (χ0n) is 15.6. The fourth-order valence-electron chi connectivity index (χ4n) is 4.62. The van der Waals surface area contributed by atoms with Crippen LogP contribution in [-0.2, 0) is 14.8 Å². The van der Waals surface area contributed by atoms with Crippen LogP contribution in [0.3, 0.4) is 0 Å². The minimum Gasteiger partial charge on any atom is -0.352 e. The lowest BCUT2D eigenvalue weighted by Crippen LogP contribution is -2.46. The number of benzene rings is 1. The Balaban J connectivity index is 1.65. The molecule has 0 aliphatic heterocycles. The number of carbonyl (C=O) groups is 1. The Morgan fingerprint density at radius 2 is 2.04 bits per heavy atom. The van der Waals surface area contributed by atoms with E-state index in [2.05, 4.69) is 11.9 Å². The number of hydrogen-bond acceptors (Lipinski definition) is 3. The van der Waals surface area contributed by atoms with E-state index in [1.54, 1.807) is 0 Å². The standard InChI is InChI=1S/C20H27ClN2O3S/c1-3-10-23(27(25,26)18-8-6-17(21)7-9-18)13-20(24)22-14(2)19-12-15-4-5-16(19)11-15/h3,6-9,14-16,19H,1,4-5,10-13H2,2H3,(H,22,24). The minimum atomic E-state index is -3.80. The van der Waals surface area contributed by atoms with Gasteiger partial charge in [-0.1, -0.05) is 24.1 Å². The van der Waals surface area contributed by atoms with Gasteiger partial charge >= 0.3 is 0 Å². The molecule has 7 heteroatoms. The number of fused-ring (bicyclic) bond motifs is 2. The van der Waals surface area contributed by atoms with Gasteiger partial charge in [0, 0.05) is 17.6 Å². The van der Waals surface area contributed by atoms with E-state index in [4.69, 9.17) is 11.6 Å². The van der Waals surface area contributed by atoms with Crippen molar-refractivity contribution in [1.29, 1.82) is 0 Å². The lowest BCUT2D eigenvalue weighted by molar-refractivity contribution is -0.122. The number of rotatable bonds is 8. The summed E-state index contributed by atoms with van der Waals surface area (Å²) in [6.45, 7) is 5.51. The molecular formula is C20H27ClN2O3S. The molecule has 2 aliphatic rings. The van der Waals surface area contributed by atoms with Crippen LogP contribution >= 0.6 is 11.6 Å². The van der Waals surface area contributed by atoms with Crippen molar-refractivity contribution in [1.82, 2.24) is 9.62 Å². The van der Waals surface area contributed by atoms with E-state index in [1.807, 2.05) is 6.92 Å². The molecule has 4 unspecified atom stereocenters. The van der Waals surface area contributed by atoms with Gasteiger partial charge in [0.05, 0.1) is 11.4 Å². The molecule has 0 spiro atoms. The Bertz CT molecular complexity index is 794. The maximum absolute atomic E-state index is 12.9. The zero-order chi connectivity index (χ0) is 19.6. The van der Waals surface area contributed by atoms with Gasteiger partial charge in [0.25, 0.3) is 0 Å². The molecule has 2 aliphatic carbocycles.